The van der Waals surface area contributed by atoms with Crippen molar-refractivity contribution in [2.45, 2.75) is 13.5 Å². The maximum atomic E-state index is 5.82. The number of nitrogens with one attached hydrogen (secondary N) is 1. The quantitative estimate of drug-likeness (QED) is 0.664. The van der Waals surface area contributed by atoms with Gasteiger partial charge in [0.1, 0.15) is 5.75 Å². The maximum Gasteiger partial charge on any atom is 0.193 e. The second-order valence-electron chi connectivity index (χ2n) is 3.90. The molecule has 2 aromatic rings. The van der Waals surface area contributed by atoms with Crippen molar-refractivity contribution < 1.29 is 4.74 Å². The lowest BCUT2D eigenvalue weighted by Crippen LogP contribution is -2.22. The molecule has 0 aliphatic carbocycles. The number of thiazole rings is 1. The lowest BCUT2D eigenvalue weighted by Gasteiger charge is -2.06. The van der Waals surface area contributed by atoms with E-state index < -0.39 is 0 Å². The van der Waals surface area contributed by atoms with Gasteiger partial charge in [0.2, 0.25) is 0 Å². The number of benzene rings is 1. The van der Waals surface area contributed by atoms with Crippen molar-refractivity contribution >= 4 is 23.0 Å². The summed E-state index contributed by atoms with van der Waals surface area (Å²) in [5.41, 5.74) is 6.70. The number of guanidine groups is 1. The van der Waals surface area contributed by atoms with Gasteiger partial charge in [0.25, 0.3) is 0 Å². The van der Waals surface area contributed by atoms with Crippen molar-refractivity contribution in [3.8, 4) is 5.75 Å². The number of ether oxygens (including phenoxy) is 1. The fourth-order valence-electron chi connectivity index (χ4n) is 1.50. The van der Waals surface area contributed by atoms with Gasteiger partial charge in [0.15, 0.2) is 5.96 Å². The van der Waals surface area contributed by atoms with E-state index in [2.05, 4.69) is 15.3 Å². The molecule has 0 radical (unpaired) electrons. The maximum absolute atomic E-state index is 5.82. The van der Waals surface area contributed by atoms with E-state index in [0.29, 0.717) is 12.5 Å². The summed E-state index contributed by atoms with van der Waals surface area (Å²) < 4.78 is 5.09. The van der Waals surface area contributed by atoms with Gasteiger partial charge in [0.05, 0.1) is 18.7 Å². The monoisotopic (exact) mass is 276 g/mol. The van der Waals surface area contributed by atoms with E-state index in [9.17, 15) is 0 Å². The minimum absolute atomic E-state index is 0.385. The summed E-state index contributed by atoms with van der Waals surface area (Å²) in [7, 11) is 1.63. The normalized spacial score (nSPS) is 11.4. The fraction of sp³-hybridized carbons (Fsp3) is 0.231. The van der Waals surface area contributed by atoms with Gasteiger partial charge in [-0.05, 0) is 31.2 Å². The Morgan fingerprint density at radius 3 is 2.74 bits per heavy atom. The summed E-state index contributed by atoms with van der Waals surface area (Å²) in [6.07, 6.45) is 1.82. The summed E-state index contributed by atoms with van der Waals surface area (Å²) in [5, 5.41) is 4.06. The highest BCUT2D eigenvalue weighted by molar-refractivity contribution is 7.11. The lowest BCUT2D eigenvalue weighted by atomic mass is 10.3. The Morgan fingerprint density at radius 2 is 2.16 bits per heavy atom. The topological polar surface area (TPSA) is 72.5 Å². The highest BCUT2D eigenvalue weighted by atomic mass is 32.1. The van der Waals surface area contributed by atoms with Crippen LogP contribution in [0.15, 0.2) is 35.5 Å². The Morgan fingerprint density at radius 1 is 1.42 bits per heavy atom. The lowest BCUT2D eigenvalue weighted by molar-refractivity contribution is 0.415. The predicted octanol–water partition coefficient (Wildman–Crippen LogP) is 2.39. The molecule has 0 aliphatic heterocycles. The van der Waals surface area contributed by atoms with Crippen LogP contribution in [-0.2, 0) is 6.54 Å². The van der Waals surface area contributed by atoms with Crippen LogP contribution in [0.3, 0.4) is 0 Å². The molecule has 100 valence electrons. The Bertz CT molecular complexity index is 562. The molecule has 5 nitrogen and oxygen atoms in total. The predicted molar refractivity (Wildman–Crippen MR) is 78.8 cm³/mol. The van der Waals surface area contributed by atoms with Crippen LogP contribution in [0.25, 0.3) is 0 Å². The molecule has 0 saturated carbocycles. The van der Waals surface area contributed by atoms with Crippen molar-refractivity contribution in [1.29, 1.82) is 0 Å². The molecule has 1 aromatic carbocycles. The summed E-state index contributed by atoms with van der Waals surface area (Å²) in [6.45, 7) is 2.51. The summed E-state index contributed by atoms with van der Waals surface area (Å²) >= 11 is 1.62. The average Bonchev–Trinajstić information content (AvgIpc) is 2.83. The number of nitrogens with zero attached hydrogens (tertiary/aromatic N) is 2. The van der Waals surface area contributed by atoms with Crippen LogP contribution in [0, 0.1) is 6.92 Å². The molecule has 0 fully saturated rings. The van der Waals surface area contributed by atoms with Crippen molar-refractivity contribution in [3.05, 3.63) is 40.3 Å². The van der Waals surface area contributed by atoms with Crippen LogP contribution < -0.4 is 15.8 Å². The molecule has 6 heteroatoms. The van der Waals surface area contributed by atoms with Crippen LogP contribution in [0.2, 0.25) is 0 Å². The fourth-order valence-corrected chi connectivity index (χ4v) is 2.22. The number of methoxy groups -OCH3 is 1. The smallest absolute Gasteiger partial charge is 0.193 e. The Balaban J connectivity index is 1.93. The number of hydrogen-bond acceptors (Lipinski definition) is 4. The molecule has 0 unspecified atom stereocenters. The molecule has 0 amide bonds. The Labute approximate surface area is 116 Å². The van der Waals surface area contributed by atoms with Gasteiger partial charge in [-0.3, -0.25) is 0 Å². The minimum atomic E-state index is 0.385. The third-order valence-electron chi connectivity index (χ3n) is 2.44. The number of nitrogens with two attached hydrogens (primary N) is 1. The number of hydrogen-bond donors (Lipinski definition) is 2. The molecule has 1 aromatic heterocycles. The SMILES string of the molecule is COc1ccc(NC(N)=NCc2cnc(C)s2)cc1. The summed E-state index contributed by atoms with van der Waals surface area (Å²) in [4.78, 5) is 9.53. The molecular formula is C13H16N4OS. The molecule has 2 rings (SSSR count). The highest BCUT2D eigenvalue weighted by Gasteiger charge is 1.99. The first-order valence-electron chi connectivity index (χ1n) is 5.79. The standard InChI is InChI=1S/C13H16N4OS/c1-9-15-7-12(19-9)8-16-13(14)17-10-3-5-11(18-2)6-4-10/h3-7H,8H2,1-2H3,(H3,14,16,17). The van der Waals surface area contributed by atoms with Crippen molar-refractivity contribution in [2.24, 2.45) is 10.7 Å². The number of aliphatic imine (C=N–C) groups is 1. The first-order chi connectivity index (χ1) is 9.17. The second-order valence-corrected chi connectivity index (χ2v) is 5.22. The molecule has 1 heterocycles. The summed E-state index contributed by atoms with van der Waals surface area (Å²) in [5.74, 6) is 1.19. The van der Waals surface area contributed by atoms with E-state index in [0.717, 1.165) is 21.3 Å². The molecule has 0 spiro atoms. The van der Waals surface area contributed by atoms with Gasteiger partial charge in [-0.2, -0.15) is 0 Å². The van der Waals surface area contributed by atoms with Gasteiger partial charge in [-0.25, -0.2) is 9.98 Å². The molecule has 19 heavy (non-hydrogen) atoms. The molecule has 3 N–H and O–H groups in total. The van der Waals surface area contributed by atoms with Crippen LogP contribution in [0.4, 0.5) is 5.69 Å². The molecule has 0 aliphatic rings. The first-order valence-corrected chi connectivity index (χ1v) is 6.61. The number of aryl methyl sites for hydroxylation is 1. The zero-order valence-corrected chi connectivity index (χ0v) is 11.7. The van der Waals surface area contributed by atoms with E-state index in [1.54, 1.807) is 18.4 Å². The number of rotatable bonds is 4. The second kappa shape index (κ2) is 6.19. The van der Waals surface area contributed by atoms with E-state index >= 15 is 0 Å². The molecule has 0 saturated heterocycles. The van der Waals surface area contributed by atoms with E-state index in [1.165, 1.54) is 0 Å². The van der Waals surface area contributed by atoms with Crippen LogP contribution in [0.1, 0.15) is 9.88 Å². The van der Waals surface area contributed by atoms with E-state index in [-0.39, 0.29) is 0 Å². The molecular weight excluding hydrogens is 260 g/mol. The number of anilines is 1. The average molecular weight is 276 g/mol. The van der Waals surface area contributed by atoms with Gasteiger partial charge in [0, 0.05) is 16.8 Å². The van der Waals surface area contributed by atoms with Gasteiger partial charge in [-0.15, -0.1) is 11.3 Å². The van der Waals surface area contributed by atoms with Gasteiger partial charge >= 0.3 is 0 Å². The molecule has 0 bridgehead atoms. The largest absolute Gasteiger partial charge is 0.497 e. The van der Waals surface area contributed by atoms with E-state index in [4.69, 9.17) is 10.5 Å². The summed E-state index contributed by atoms with van der Waals surface area (Å²) in [6, 6.07) is 7.50. The minimum Gasteiger partial charge on any atom is -0.497 e. The molecule has 0 atom stereocenters. The van der Waals surface area contributed by atoms with Crippen molar-refractivity contribution in [2.75, 3.05) is 12.4 Å². The van der Waals surface area contributed by atoms with E-state index in [1.807, 2.05) is 37.4 Å². The van der Waals surface area contributed by atoms with Crippen molar-refractivity contribution in [1.82, 2.24) is 4.98 Å². The Hall–Kier alpha value is -2.08. The Kier molecular flexibility index (Phi) is 4.35. The third kappa shape index (κ3) is 3.96. The van der Waals surface area contributed by atoms with Gasteiger partial charge < -0.3 is 15.8 Å². The van der Waals surface area contributed by atoms with Crippen LogP contribution in [-0.4, -0.2) is 18.1 Å². The van der Waals surface area contributed by atoms with Crippen LogP contribution in [0.5, 0.6) is 5.75 Å². The first kappa shape index (κ1) is 13.4. The number of aromatic nitrogens is 1. The van der Waals surface area contributed by atoms with Crippen LogP contribution >= 0.6 is 11.3 Å². The van der Waals surface area contributed by atoms with Crippen molar-refractivity contribution in [3.63, 3.8) is 0 Å². The zero-order valence-electron chi connectivity index (χ0n) is 10.9. The highest BCUT2D eigenvalue weighted by Crippen LogP contribution is 2.15. The zero-order chi connectivity index (χ0) is 13.7. The van der Waals surface area contributed by atoms with Gasteiger partial charge in [-0.1, -0.05) is 0 Å². The third-order valence-corrected chi connectivity index (χ3v) is 3.33.